The SMILES string of the molecule is Fc1ccc(NC2CCCN(Cc3ccc(C#Cc4cncnc4)cc3)C2)cc1. The molecule has 0 radical (unpaired) electrons. The van der Waals surface area contributed by atoms with Crippen molar-refractivity contribution in [2.45, 2.75) is 25.4 Å². The summed E-state index contributed by atoms with van der Waals surface area (Å²) >= 11 is 0. The van der Waals surface area contributed by atoms with Gasteiger partial charge < -0.3 is 5.32 Å². The second-order valence-electron chi connectivity index (χ2n) is 7.30. The van der Waals surface area contributed by atoms with Crippen molar-refractivity contribution >= 4 is 5.69 Å². The summed E-state index contributed by atoms with van der Waals surface area (Å²) in [5.74, 6) is 6.02. The van der Waals surface area contributed by atoms with Gasteiger partial charge in [-0.15, -0.1) is 0 Å². The van der Waals surface area contributed by atoms with E-state index in [4.69, 9.17) is 0 Å². The highest BCUT2D eigenvalue weighted by molar-refractivity contribution is 5.44. The minimum absolute atomic E-state index is 0.203. The molecule has 2 heterocycles. The molecule has 0 aliphatic carbocycles. The van der Waals surface area contributed by atoms with Crippen LogP contribution in [0.4, 0.5) is 10.1 Å². The quantitative estimate of drug-likeness (QED) is 0.686. The van der Waals surface area contributed by atoms with E-state index in [1.165, 1.54) is 24.0 Å². The number of hydrogen-bond donors (Lipinski definition) is 1. The van der Waals surface area contributed by atoms with Gasteiger partial charge in [-0.05, 0) is 61.3 Å². The van der Waals surface area contributed by atoms with Crippen molar-refractivity contribution in [3.63, 3.8) is 0 Å². The van der Waals surface area contributed by atoms with Gasteiger partial charge in [0.25, 0.3) is 0 Å². The highest BCUT2D eigenvalue weighted by atomic mass is 19.1. The molecular formula is C24H23FN4. The second kappa shape index (κ2) is 9.31. The molecule has 4 nitrogen and oxygen atoms in total. The van der Waals surface area contributed by atoms with Crippen LogP contribution in [0.5, 0.6) is 0 Å². The number of piperidine rings is 1. The lowest BCUT2D eigenvalue weighted by atomic mass is 10.0. The zero-order valence-corrected chi connectivity index (χ0v) is 16.2. The molecule has 29 heavy (non-hydrogen) atoms. The van der Waals surface area contributed by atoms with E-state index >= 15 is 0 Å². The Bertz CT molecular complexity index is 975. The maximum Gasteiger partial charge on any atom is 0.123 e. The number of aromatic nitrogens is 2. The predicted molar refractivity (Wildman–Crippen MR) is 113 cm³/mol. The fraction of sp³-hybridized carbons (Fsp3) is 0.250. The molecule has 146 valence electrons. The first kappa shape index (κ1) is 19.1. The number of halogens is 1. The first-order chi connectivity index (χ1) is 14.2. The average Bonchev–Trinajstić information content (AvgIpc) is 2.76. The summed E-state index contributed by atoms with van der Waals surface area (Å²) in [5.41, 5.74) is 4.04. The summed E-state index contributed by atoms with van der Waals surface area (Å²) in [6, 6.07) is 15.4. The number of rotatable bonds is 4. The zero-order chi connectivity index (χ0) is 19.9. The van der Waals surface area contributed by atoms with Gasteiger partial charge in [0.2, 0.25) is 0 Å². The lowest BCUT2D eigenvalue weighted by Gasteiger charge is -2.33. The minimum Gasteiger partial charge on any atom is -0.381 e. The lowest BCUT2D eigenvalue weighted by molar-refractivity contribution is 0.208. The molecule has 1 saturated heterocycles. The number of anilines is 1. The summed E-state index contributed by atoms with van der Waals surface area (Å²) in [5, 5.41) is 3.53. The van der Waals surface area contributed by atoms with E-state index in [-0.39, 0.29) is 5.82 Å². The molecular weight excluding hydrogens is 363 g/mol. The fourth-order valence-electron chi connectivity index (χ4n) is 3.56. The van der Waals surface area contributed by atoms with Gasteiger partial charge in [0.15, 0.2) is 0 Å². The van der Waals surface area contributed by atoms with Gasteiger partial charge in [-0.3, -0.25) is 4.90 Å². The van der Waals surface area contributed by atoms with Crippen LogP contribution in [0, 0.1) is 17.7 Å². The predicted octanol–water partition coefficient (Wildman–Crippen LogP) is 4.09. The Balaban J connectivity index is 1.32. The first-order valence-electron chi connectivity index (χ1n) is 9.85. The van der Waals surface area contributed by atoms with Crippen LogP contribution in [-0.4, -0.2) is 34.0 Å². The number of likely N-dealkylation sites (tertiary alicyclic amines) is 1. The van der Waals surface area contributed by atoms with Gasteiger partial charge in [-0.2, -0.15) is 0 Å². The van der Waals surface area contributed by atoms with E-state index in [0.717, 1.165) is 49.3 Å². The molecule has 1 N–H and O–H groups in total. The van der Waals surface area contributed by atoms with Gasteiger partial charge in [0.1, 0.15) is 12.1 Å². The van der Waals surface area contributed by atoms with Crippen LogP contribution in [0.25, 0.3) is 0 Å². The summed E-state index contributed by atoms with van der Waals surface area (Å²) < 4.78 is 13.1. The Morgan fingerprint density at radius 3 is 2.45 bits per heavy atom. The third kappa shape index (κ3) is 5.63. The van der Waals surface area contributed by atoms with Gasteiger partial charge in [0, 0.05) is 42.8 Å². The Labute approximate surface area is 170 Å². The Kier molecular flexibility index (Phi) is 6.13. The zero-order valence-electron chi connectivity index (χ0n) is 16.2. The third-order valence-corrected chi connectivity index (χ3v) is 4.99. The van der Waals surface area contributed by atoms with E-state index in [2.05, 4.69) is 56.3 Å². The Morgan fingerprint density at radius 2 is 1.69 bits per heavy atom. The molecule has 0 amide bonds. The molecule has 5 heteroatoms. The van der Waals surface area contributed by atoms with Crippen molar-refractivity contribution in [3.8, 4) is 11.8 Å². The number of nitrogens with one attached hydrogen (secondary N) is 1. The summed E-state index contributed by atoms with van der Waals surface area (Å²) in [4.78, 5) is 10.4. The maximum absolute atomic E-state index is 13.1. The largest absolute Gasteiger partial charge is 0.381 e. The topological polar surface area (TPSA) is 41.0 Å². The molecule has 1 atom stereocenters. The van der Waals surface area contributed by atoms with Crippen LogP contribution in [0.15, 0.2) is 67.3 Å². The van der Waals surface area contributed by atoms with Crippen LogP contribution in [0.2, 0.25) is 0 Å². The summed E-state index contributed by atoms with van der Waals surface area (Å²) in [7, 11) is 0. The van der Waals surface area contributed by atoms with Crippen LogP contribution in [0.1, 0.15) is 29.5 Å². The van der Waals surface area contributed by atoms with Crippen LogP contribution in [-0.2, 0) is 6.54 Å². The monoisotopic (exact) mass is 386 g/mol. The molecule has 3 aromatic rings. The Hall–Kier alpha value is -3.23. The molecule has 0 spiro atoms. The number of hydrogen-bond acceptors (Lipinski definition) is 4. The summed E-state index contributed by atoms with van der Waals surface area (Å²) in [6.45, 7) is 2.99. The molecule has 2 aromatic carbocycles. The fourth-order valence-corrected chi connectivity index (χ4v) is 3.56. The molecule has 1 fully saturated rings. The number of benzene rings is 2. The van der Waals surface area contributed by atoms with Crippen molar-refractivity contribution in [2.24, 2.45) is 0 Å². The molecule has 1 aromatic heterocycles. The normalized spacial score (nSPS) is 16.7. The standard InChI is InChI=1S/C24H23FN4/c25-22-9-11-23(12-10-22)28-24-2-1-13-29(17-24)16-20-6-3-19(4-7-20)5-8-21-14-26-18-27-15-21/h3-4,6-7,9-12,14-15,18,24,28H,1-2,13,16-17H2. The molecule has 1 unspecified atom stereocenters. The maximum atomic E-state index is 13.1. The van der Waals surface area contributed by atoms with Crippen LogP contribution >= 0.6 is 0 Å². The van der Waals surface area contributed by atoms with Gasteiger partial charge in [0.05, 0.1) is 5.56 Å². The third-order valence-electron chi connectivity index (χ3n) is 4.99. The summed E-state index contributed by atoms with van der Waals surface area (Å²) in [6.07, 6.45) is 7.20. The van der Waals surface area contributed by atoms with Crippen LogP contribution < -0.4 is 5.32 Å². The smallest absolute Gasteiger partial charge is 0.123 e. The lowest BCUT2D eigenvalue weighted by Crippen LogP contribution is -2.41. The van der Waals surface area contributed by atoms with Crippen molar-refractivity contribution in [1.29, 1.82) is 0 Å². The van der Waals surface area contributed by atoms with E-state index in [1.807, 2.05) is 0 Å². The van der Waals surface area contributed by atoms with E-state index < -0.39 is 0 Å². The van der Waals surface area contributed by atoms with Gasteiger partial charge in [-0.1, -0.05) is 24.0 Å². The van der Waals surface area contributed by atoms with E-state index in [9.17, 15) is 4.39 Å². The van der Waals surface area contributed by atoms with Gasteiger partial charge in [-0.25, -0.2) is 14.4 Å². The van der Waals surface area contributed by atoms with E-state index in [1.54, 1.807) is 24.5 Å². The minimum atomic E-state index is -0.203. The van der Waals surface area contributed by atoms with Crippen molar-refractivity contribution in [2.75, 3.05) is 18.4 Å². The molecule has 1 aliphatic rings. The molecule has 4 rings (SSSR count). The van der Waals surface area contributed by atoms with Crippen molar-refractivity contribution in [3.05, 3.63) is 89.8 Å². The second-order valence-corrected chi connectivity index (χ2v) is 7.30. The Morgan fingerprint density at radius 1 is 0.966 bits per heavy atom. The number of nitrogens with zero attached hydrogens (tertiary/aromatic N) is 3. The highest BCUT2D eigenvalue weighted by Crippen LogP contribution is 2.18. The average molecular weight is 386 g/mol. The van der Waals surface area contributed by atoms with E-state index in [0.29, 0.717) is 6.04 Å². The first-order valence-corrected chi connectivity index (χ1v) is 9.85. The molecule has 0 saturated carbocycles. The van der Waals surface area contributed by atoms with Crippen molar-refractivity contribution in [1.82, 2.24) is 14.9 Å². The highest BCUT2D eigenvalue weighted by Gasteiger charge is 2.19. The molecule has 0 bridgehead atoms. The van der Waals surface area contributed by atoms with Gasteiger partial charge >= 0.3 is 0 Å². The van der Waals surface area contributed by atoms with Crippen LogP contribution in [0.3, 0.4) is 0 Å². The van der Waals surface area contributed by atoms with Crippen molar-refractivity contribution < 1.29 is 4.39 Å². The molecule has 1 aliphatic heterocycles.